The van der Waals surface area contributed by atoms with Gasteiger partial charge in [-0.25, -0.2) is 0 Å². The van der Waals surface area contributed by atoms with Gasteiger partial charge in [-0.05, 0) is 19.8 Å². The zero-order valence-electron chi connectivity index (χ0n) is 11.4. The molecule has 1 saturated heterocycles. The highest BCUT2D eigenvalue weighted by molar-refractivity contribution is 5.78. The molecule has 0 spiro atoms. The summed E-state index contributed by atoms with van der Waals surface area (Å²) in [6.07, 6.45) is 2.14. The standard InChI is InChI=1S/C12H25N3O3/c1-10(8-16-2)15-12(13)14-5-3-6-18-11-4-7-17-9-11/h10-11H,3-9H2,1-2H3,(H3,13,14,15). The summed E-state index contributed by atoms with van der Waals surface area (Å²) in [6, 6.07) is 0.172. The van der Waals surface area contributed by atoms with Gasteiger partial charge in [0.05, 0.1) is 19.3 Å². The largest absolute Gasteiger partial charge is 0.383 e. The predicted octanol–water partition coefficient (Wildman–Crippen LogP) is 0.121. The van der Waals surface area contributed by atoms with Crippen molar-refractivity contribution < 1.29 is 14.2 Å². The third-order valence-corrected chi connectivity index (χ3v) is 2.64. The van der Waals surface area contributed by atoms with E-state index >= 15 is 0 Å². The van der Waals surface area contributed by atoms with Gasteiger partial charge in [0.15, 0.2) is 5.96 Å². The van der Waals surface area contributed by atoms with Crippen molar-refractivity contribution in [2.75, 3.05) is 40.1 Å². The van der Waals surface area contributed by atoms with E-state index in [-0.39, 0.29) is 12.1 Å². The molecule has 0 aliphatic carbocycles. The number of methoxy groups -OCH3 is 1. The molecule has 0 amide bonds. The van der Waals surface area contributed by atoms with Gasteiger partial charge in [-0.15, -0.1) is 0 Å². The minimum Gasteiger partial charge on any atom is -0.383 e. The second-order valence-electron chi connectivity index (χ2n) is 4.48. The first-order chi connectivity index (χ1) is 8.72. The fraction of sp³-hybridized carbons (Fsp3) is 0.917. The third-order valence-electron chi connectivity index (χ3n) is 2.64. The maximum atomic E-state index is 5.73. The summed E-state index contributed by atoms with van der Waals surface area (Å²) in [5.74, 6) is 0.462. The van der Waals surface area contributed by atoms with E-state index < -0.39 is 0 Å². The normalized spacial score (nSPS) is 22.1. The molecule has 18 heavy (non-hydrogen) atoms. The molecule has 0 saturated carbocycles. The molecule has 6 heteroatoms. The van der Waals surface area contributed by atoms with E-state index in [9.17, 15) is 0 Å². The van der Waals surface area contributed by atoms with Crippen molar-refractivity contribution in [1.29, 1.82) is 0 Å². The molecule has 0 radical (unpaired) electrons. The molecule has 0 aromatic heterocycles. The Kier molecular flexibility index (Phi) is 7.71. The van der Waals surface area contributed by atoms with Crippen LogP contribution >= 0.6 is 0 Å². The lowest BCUT2D eigenvalue weighted by molar-refractivity contribution is 0.0424. The van der Waals surface area contributed by atoms with Crippen molar-refractivity contribution in [3.05, 3.63) is 0 Å². The molecule has 1 aliphatic rings. The lowest BCUT2D eigenvalue weighted by atomic mass is 10.3. The van der Waals surface area contributed by atoms with Crippen LogP contribution in [0.2, 0.25) is 0 Å². The summed E-state index contributed by atoms with van der Waals surface area (Å²) in [5.41, 5.74) is 5.73. The SMILES string of the molecule is COCC(C)NC(N)=NCCCOC1CCOC1. The highest BCUT2D eigenvalue weighted by Gasteiger charge is 2.15. The van der Waals surface area contributed by atoms with Crippen LogP contribution in [0.1, 0.15) is 19.8 Å². The van der Waals surface area contributed by atoms with Gasteiger partial charge in [0.2, 0.25) is 0 Å². The molecule has 1 rings (SSSR count). The van der Waals surface area contributed by atoms with E-state index in [4.69, 9.17) is 19.9 Å². The minimum absolute atomic E-state index is 0.172. The van der Waals surface area contributed by atoms with Gasteiger partial charge in [-0.1, -0.05) is 0 Å². The highest BCUT2D eigenvalue weighted by atomic mass is 16.5. The number of nitrogens with one attached hydrogen (secondary N) is 1. The summed E-state index contributed by atoms with van der Waals surface area (Å²) in [6.45, 7) is 5.53. The molecule has 3 N–H and O–H groups in total. The number of hydrogen-bond acceptors (Lipinski definition) is 4. The molecule has 1 aliphatic heterocycles. The number of nitrogens with two attached hydrogens (primary N) is 1. The quantitative estimate of drug-likeness (QED) is 0.368. The Balaban J connectivity index is 2.00. The molecule has 0 aromatic carbocycles. The Morgan fingerprint density at radius 3 is 3.11 bits per heavy atom. The van der Waals surface area contributed by atoms with Crippen LogP contribution in [0.3, 0.4) is 0 Å². The van der Waals surface area contributed by atoms with E-state index in [1.807, 2.05) is 6.92 Å². The van der Waals surface area contributed by atoms with Crippen LogP contribution in [-0.2, 0) is 14.2 Å². The Labute approximate surface area is 109 Å². The van der Waals surface area contributed by atoms with Gasteiger partial charge in [0.1, 0.15) is 0 Å². The number of nitrogens with zero attached hydrogens (tertiary/aromatic N) is 1. The van der Waals surface area contributed by atoms with Crippen molar-refractivity contribution in [3.63, 3.8) is 0 Å². The second-order valence-corrected chi connectivity index (χ2v) is 4.48. The first-order valence-corrected chi connectivity index (χ1v) is 6.47. The fourth-order valence-electron chi connectivity index (χ4n) is 1.75. The molecular weight excluding hydrogens is 234 g/mol. The van der Waals surface area contributed by atoms with Crippen LogP contribution in [0.4, 0.5) is 0 Å². The monoisotopic (exact) mass is 259 g/mol. The van der Waals surface area contributed by atoms with E-state index in [2.05, 4.69) is 10.3 Å². The number of rotatable bonds is 8. The molecule has 2 unspecified atom stereocenters. The van der Waals surface area contributed by atoms with Gasteiger partial charge in [0, 0.05) is 32.9 Å². The number of ether oxygens (including phenoxy) is 3. The van der Waals surface area contributed by atoms with Crippen molar-refractivity contribution in [1.82, 2.24) is 5.32 Å². The van der Waals surface area contributed by atoms with Crippen molar-refractivity contribution in [3.8, 4) is 0 Å². The summed E-state index contributed by atoms with van der Waals surface area (Å²) in [5, 5.41) is 3.05. The summed E-state index contributed by atoms with van der Waals surface area (Å²) in [4.78, 5) is 4.23. The zero-order valence-corrected chi connectivity index (χ0v) is 11.4. The Morgan fingerprint density at radius 2 is 2.44 bits per heavy atom. The molecule has 106 valence electrons. The maximum absolute atomic E-state index is 5.73. The third kappa shape index (κ3) is 6.78. The Hall–Kier alpha value is -0.850. The van der Waals surface area contributed by atoms with Gasteiger partial charge in [0.25, 0.3) is 0 Å². The molecule has 0 aromatic rings. The predicted molar refractivity (Wildman–Crippen MR) is 70.8 cm³/mol. The van der Waals surface area contributed by atoms with Crippen LogP contribution in [0, 0.1) is 0 Å². The highest BCUT2D eigenvalue weighted by Crippen LogP contribution is 2.07. The van der Waals surface area contributed by atoms with E-state index in [0.717, 1.165) is 26.1 Å². The first-order valence-electron chi connectivity index (χ1n) is 6.47. The average Bonchev–Trinajstić information content (AvgIpc) is 2.81. The zero-order chi connectivity index (χ0) is 13.2. The fourth-order valence-corrected chi connectivity index (χ4v) is 1.75. The minimum atomic E-state index is 0.172. The van der Waals surface area contributed by atoms with Gasteiger partial charge in [-0.3, -0.25) is 4.99 Å². The molecule has 1 fully saturated rings. The summed E-state index contributed by atoms with van der Waals surface area (Å²) in [7, 11) is 1.66. The second kappa shape index (κ2) is 9.13. The Bertz CT molecular complexity index is 243. The number of aliphatic imine (C=N–C) groups is 1. The van der Waals surface area contributed by atoms with Crippen LogP contribution in [-0.4, -0.2) is 58.2 Å². The van der Waals surface area contributed by atoms with E-state index in [1.165, 1.54) is 0 Å². The lowest BCUT2D eigenvalue weighted by Gasteiger charge is -2.13. The maximum Gasteiger partial charge on any atom is 0.188 e. The van der Waals surface area contributed by atoms with Crippen LogP contribution in [0.25, 0.3) is 0 Å². The molecule has 0 bridgehead atoms. The van der Waals surface area contributed by atoms with Crippen LogP contribution in [0.15, 0.2) is 4.99 Å². The van der Waals surface area contributed by atoms with E-state index in [1.54, 1.807) is 7.11 Å². The van der Waals surface area contributed by atoms with Gasteiger partial charge >= 0.3 is 0 Å². The average molecular weight is 259 g/mol. The molecule has 1 heterocycles. The Morgan fingerprint density at radius 1 is 1.61 bits per heavy atom. The molecular formula is C12H25N3O3. The van der Waals surface area contributed by atoms with Gasteiger partial charge in [-0.2, -0.15) is 0 Å². The van der Waals surface area contributed by atoms with Crippen molar-refractivity contribution in [2.24, 2.45) is 10.7 Å². The van der Waals surface area contributed by atoms with Crippen LogP contribution in [0.5, 0.6) is 0 Å². The van der Waals surface area contributed by atoms with Crippen molar-refractivity contribution in [2.45, 2.75) is 31.9 Å². The smallest absolute Gasteiger partial charge is 0.188 e. The number of guanidine groups is 1. The molecule has 2 atom stereocenters. The van der Waals surface area contributed by atoms with Gasteiger partial charge < -0.3 is 25.3 Å². The lowest BCUT2D eigenvalue weighted by Crippen LogP contribution is -2.40. The topological polar surface area (TPSA) is 78.1 Å². The summed E-state index contributed by atoms with van der Waals surface area (Å²) < 4.78 is 15.9. The van der Waals surface area contributed by atoms with Crippen LogP contribution < -0.4 is 11.1 Å². The first kappa shape index (κ1) is 15.2. The summed E-state index contributed by atoms with van der Waals surface area (Å²) >= 11 is 0. The number of hydrogen-bond donors (Lipinski definition) is 2. The van der Waals surface area contributed by atoms with E-state index in [0.29, 0.717) is 25.7 Å². The van der Waals surface area contributed by atoms with Crippen molar-refractivity contribution >= 4 is 5.96 Å². The molecule has 6 nitrogen and oxygen atoms in total.